The Labute approximate surface area is 147 Å². The van der Waals surface area contributed by atoms with Crippen LogP contribution in [0.15, 0.2) is 42.6 Å². The SMILES string of the molecule is Cc1cccc([C@H]2NCc3c(sc4c3CCCC4)-n3cccc32)c1. The van der Waals surface area contributed by atoms with Gasteiger partial charge in [0.05, 0.1) is 6.04 Å². The maximum atomic E-state index is 3.85. The Bertz CT molecular complexity index is 902. The first-order valence-corrected chi connectivity index (χ1v) is 9.74. The molecule has 1 aliphatic heterocycles. The van der Waals surface area contributed by atoms with E-state index in [9.17, 15) is 0 Å². The second kappa shape index (κ2) is 5.61. The molecule has 1 atom stereocenters. The summed E-state index contributed by atoms with van der Waals surface area (Å²) < 4.78 is 2.44. The zero-order valence-corrected chi connectivity index (χ0v) is 14.8. The van der Waals surface area contributed by atoms with Gasteiger partial charge in [-0.15, -0.1) is 11.3 Å². The lowest BCUT2D eigenvalue weighted by Crippen LogP contribution is -2.22. The average molecular weight is 334 g/mol. The number of thiophene rings is 1. The van der Waals surface area contributed by atoms with Gasteiger partial charge in [-0.3, -0.25) is 0 Å². The molecule has 2 aromatic heterocycles. The van der Waals surface area contributed by atoms with Gasteiger partial charge in [-0.2, -0.15) is 0 Å². The van der Waals surface area contributed by atoms with Gasteiger partial charge in [-0.05, 0) is 55.9 Å². The maximum Gasteiger partial charge on any atom is 0.104 e. The molecule has 3 heterocycles. The van der Waals surface area contributed by atoms with Gasteiger partial charge >= 0.3 is 0 Å². The van der Waals surface area contributed by atoms with Crippen molar-refractivity contribution in [3.63, 3.8) is 0 Å². The number of nitrogens with zero attached hydrogens (tertiary/aromatic N) is 1. The molecule has 0 bridgehead atoms. The summed E-state index contributed by atoms with van der Waals surface area (Å²) in [6.45, 7) is 3.15. The van der Waals surface area contributed by atoms with Crippen molar-refractivity contribution in [1.82, 2.24) is 9.88 Å². The number of benzene rings is 1. The fourth-order valence-corrected chi connectivity index (χ4v) is 5.67. The van der Waals surface area contributed by atoms with Crippen molar-refractivity contribution < 1.29 is 0 Å². The van der Waals surface area contributed by atoms with E-state index in [0.717, 1.165) is 6.54 Å². The topological polar surface area (TPSA) is 17.0 Å². The summed E-state index contributed by atoms with van der Waals surface area (Å²) in [6, 6.07) is 13.6. The summed E-state index contributed by atoms with van der Waals surface area (Å²) >= 11 is 2.02. The second-order valence-corrected chi connectivity index (χ2v) is 8.11. The van der Waals surface area contributed by atoms with Crippen molar-refractivity contribution in [2.24, 2.45) is 0 Å². The zero-order valence-electron chi connectivity index (χ0n) is 14.0. The lowest BCUT2D eigenvalue weighted by Gasteiger charge is -2.19. The minimum atomic E-state index is 0.263. The van der Waals surface area contributed by atoms with Crippen LogP contribution in [-0.4, -0.2) is 4.57 Å². The molecule has 0 saturated heterocycles. The van der Waals surface area contributed by atoms with E-state index in [-0.39, 0.29) is 6.04 Å². The lowest BCUT2D eigenvalue weighted by atomic mass is 9.95. The van der Waals surface area contributed by atoms with Gasteiger partial charge in [0.15, 0.2) is 0 Å². The molecular formula is C21H22N2S. The molecular weight excluding hydrogens is 312 g/mol. The van der Waals surface area contributed by atoms with Crippen LogP contribution in [0.5, 0.6) is 0 Å². The smallest absolute Gasteiger partial charge is 0.104 e. The number of hydrogen-bond acceptors (Lipinski definition) is 2. The normalized spacial score (nSPS) is 19.3. The van der Waals surface area contributed by atoms with Crippen molar-refractivity contribution in [2.45, 2.75) is 45.2 Å². The van der Waals surface area contributed by atoms with Crippen LogP contribution in [0.25, 0.3) is 5.00 Å². The number of rotatable bonds is 1. The van der Waals surface area contributed by atoms with E-state index in [1.165, 1.54) is 47.5 Å². The van der Waals surface area contributed by atoms with E-state index in [0.29, 0.717) is 0 Å². The number of hydrogen-bond donors (Lipinski definition) is 1. The van der Waals surface area contributed by atoms with Gasteiger partial charge in [0.2, 0.25) is 0 Å². The van der Waals surface area contributed by atoms with Gasteiger partial charge in [0, 0.05) is 28.9 Å². The molecule has 3 aromatic rings. The quantitative estimate of drug-likeness (QED) is 0.668. The third kappa shape index (κ3) is 2.19. The van der Waals surface area contributed by atoms with Crippen LogP contribution in [0.2, 0.25) is 0 Å². The molecule has 5 rings (SSSR count). The highest BCUT2D eigenvalue weighted by Gasteiger charge is 2.28. The van der Waals surface area contributed by atoms with Gasteiger partial charge < -0.3 is 9.88 Å². The Balaban J connectivity index is 1.65. The highest BCUT2D eigenvalue weighted by molar-refractivity contribution is 7.15. The molecule has 0 saturated carbocycles. The first kappa shape index (κ1) is 14.5. The van der Waals surface area contributed by atoms with Crippen molar-refractivity contribution in [3.8, 4) is 5.00 Å². The molecule has 24 heavy (non-hydrogen) atoms. The minimum absolute atomic E-state index is 0.263. The Morgan fingerprint density at radius 2 is 2.00 bits per heavy atom. The van der Waals surface area contributed by atoms with Gasteiger partial charge in [-0.25, -0.2) is 0 Å². The number of fused-ring (bicyclic) bond motifs is 5. The van der Waals surface area contributed by atoms with E-state index in [4.69, 9.17) is 0 Å². The zero-order chi connectivity index (χ0) is 16.1. The van der Waals surface area contributed by atoms with Crippen molar-refractivity contribution in [3.05, 3.63) is 75.4 Å². The number of aromatic nitrogens is 1. The summed E-state index contributed by atoms with van der Waals surface area (Å²) in [4.78, 5) is 1.63. The molecule has 1 aromatic carbocycles. The summed E-state index contributed by atoms with van der Waals surface area (Å²) in [7, 11) is 0. The van der Waals surface area contributed by atoms with E-state index in [1.807, 2.05) is 11.3 Å². The van der Waals surface area contributed by atoms with Crippen LogP contribution in [0.1, 0.15) is 51.7 Å². The number of aryl methyl sites for hydroxylation is 2. The van der Waals surface area contributed by atoms with Crippen LogP contribution >= 0.6 is 11.3 Å². The summed E-state index contributed by atoms with van der Waals surface area (Å²) in [5.74, 6) is 0. The first-order valence-electron chi connectivity index (χ1n) is 8.92. The van der Waals surface area contributed by atoms with Gasteiger partial charge in [-0.1, -0.05) is 29.8 Å². The van der Waals surface area contributed by atoms with Crippen molar-refractivity contribution in [2.75, 3.05) is 0 Å². The van der Waals surface area contributed by atoms with Crippen LogP contribution in [0.3, 0.4) is 0 Å². The molecule has 1 aliphatic carbocycles. The summed E-state index contributed by atoms with van der Waals surface area (Å²) in [6.07, 6.45) is 7.46. The Morgan fingerprint density at radius 1 is 1.08 bits per heavy atom. The van der Waals surface area contributed by atoms with Crippen molar-refractivity contribution in [1.29, 1.82) is 0 Å². The highest BCUT2D eigenvalue weighted by Crippen LogP contribution is 2.40. The standard InChI is InChI=1S/C21H22N2S/c1-14-6-4-7-15(12-14)20-18-9-5-11-23(18)21-17(13-22-20)16-8-2-3-10-19(16)24-21/h4-7,9,11-12,20,22H,2-3,8,10,13H2,1H3/t20-/m1/s1. The first-order chi connectivity index (χ1) is 11.8. The molecule has 2 nitrogen and oxygen atoms in total. The molecule has 122 valence electrons. The summed E-state index contributed by atoms with van der Waals surface area (Å²) in [5, 5.41) is 5.29. The second-order valence-electron chi connectivity index (χ2n) is 7.03. The Kier molecular flexibility index (Phi) is 3.39. The predicted molar refractivity (Wildman–Crippen MR) is 100 cm³/mol. The molecule has 0 radical (unpaired) electrons. The molecule has 0 amide bonds. The third-order valence-corrected chi connectivity index (χ3v) is 6.75. The van der Waals surface area contributed by atoms with Crippen LogP contribution < -0.4 is 5.32 Å². The number of nitrogens with one attached hydrogen (secondary N) is 1. The predicted octanol–water partition coefficient (Wildman–Crippen LogP) is 4.92. The van der Waals surface area contributed by atoms with Gasteiger partial charge in [0.1, 0.15) is 5.00 Å². The van der Waals surface area contributed by atoms with E-state index < -0.39 is 0 Å². The maximum absolute atomic E-state index is 3.85. The fraction of sp³-hybridized carbons (Fsp3) is 0.333. The lowest BCUT2D eigenvalue weighted by molar-refractivity contribution is 0.594. The van der Waals surface area contributed by atoms with Crippen LogP contribution in [0, 0.1) is 6.92 Å². The fourth-order valence-electron chi connectivity index (χ4n) is 4.26. The van der Waals surface area contributed by atoms with Crippen LogP contribution in [-0.2, 0) is 19.4 Å². The Morgan fingerprint density at radius 3 is 2.92 bits per heavy atom. The van der Waals surface area contributed by atoms with E-state index >= 15 is 0 Å². The molecule has 2 aliphatic rings. The Hall–Kier alpha value is -1.84. The van der Waals surface area contributed by atoms with E-state index in [1.54, 1.807) is 16.0 Å². The monoisotopic (exact) mass is 334 g/mol. The largest absolute Gasteiger partial charge is 0.310 e. The van der Waals surface area contributed by atoms with Crippen molar-refractivity contribution >= 4 is 11.3 Å². The molecule has 0 spiro atoms. The molecule has 0 fully saturated rings. The highest BCUT2D eigenvalue weighted by atomic mass is 32.1. The average Bonchev–Trinajstić information content (AvgIpc) is 3.17. The molecule has 3 heteroatoms. The summed E-state index contributed by atoms with van der Waals surface area (Å²) in [5.41, 5.74) is 7.22. The molecule has 0 unspecified atom stereocenters. The third-order valence-electron chi connectivity index (χ3n) is 5.41. The minimum Gasteiger partial charge on any atom is -0.310 e. The molecule has 1 N–H and O–H groups in total. The van der Waals surface area contributed by atoms with Crippen LogP contribution in [0.4, 0.5) is 0 Å². The van der Waals surface area contributed by atoms with E-state index in [2.05, 4.69) is 59.4 Å². The van der Waals surface area contributed by atoms with Gasteiger partial charge in [0.25, 0.3) is 0 Å².